The third kappa shape index (κ3) is 2.88. The standard InChI is InChI=1S/C14H21N5O4/c1-16-8-10-9-17(4-5-18(10)14(16)23)13(22)11-2-3-12(21)19(15-11)6-7-20/h10,20H,2-9H2,1H3. The molecular weight excluding hydrogens is 302 g/mol. The van der Waals surface area contributed by atoms with E-state index in [-0.39, 0.29) is 43.5 Å². The van der Waals surface area contributed by atoms with Crippen molar-refractivity contribution in [2.24, 2.45) is 5.10 Å². The summed E-state index contributed by atoms with van der Waals surface area (Å²) in [6.45, 7) is 2.01. The van der Waals surface area contributed by atoms with E-state index >= 15 is 0 Å². The molecule has 9 nitrogen and oxygen atoms in total. The number of β-amino-alcohol motifs (C(OH)–C–C–N with tert-alkyl or cyclic N) is 1. The van der Waals surface area contributed by atoms with Crippen molar-refractivity contribution in [3.63, 3.8) is 0 Å². The Morgan fingerprint density at radius 2 is 2.04 bits per heavy atom. The Balaban J connectivity index is 1.68. The van der Waals surface area contributed by atoms with Crippen LogP contribution in [-0.2, 0) is 9.59 Å². The summed E-state index contributed by atoms with van der Waals surface area (Å²) >= 11 is 0. The highest BCUT2D eigenvalue weighted by atomic mass is 16.3. The van der Waals surface area contributed by atoms with Crippen molar-refractivity contribution in [3.05, 3.63) is 0 Å². The Kier molecular flexibility index (Phi) is 4.20. The second kappa shape index (κ2) is 6.15. The Morgan fingerprint density at radius 3 is 2.78 bits per heavy atom. The maximum atomic E-state index is 12.6. The predicted molar refractivity (Wildman–Crippen MR) is 80.6 cm³/mol. The first-order valence-corrected chi connectivity index (χ1v) is 7.81. The number of aliphatic hydroxyl groups is 1. The molecule has 1 unspecified atom stereocenters. The first-order chi connectivity index (χ1) is 11.0. The molecule has 2 fully saturated rings. The Morgan fingerprint density at radius 1 is 1.26 bits per heavy atom. The van der Waals surface area contributed by atoms with Crippen LogP contribution >= 0.6 is 0 Å². The lowest BCUT2D eigenvalue weighted by molar-refractivity contribution is -0.132. The molecule has 3 aliphatic rings. The lowest BCUT2D eigenvalue weighted by atomic mass is 10.1. The summed E-state index contributed by atoms with van der Waals surface area (Å²) in [6, 6.07) is 0.0291. The molecule has 2 saturated heterocycles. The van der Waals surface area contributed by atoms with Gasteiger partial charge in [-0.1, -0.05) is 0 Å². The SMILES string of the molecule is CN1CC2CN(C(=O)C3=NN(CCO)C(=O)CC3)CCN2C1=O. The number of carbonyl (C=O) groups is 3. The van der Waals surface area contributed by atoms with Gasteiger partial charge in [-0.05, 0) is 0 Å². The van der Waals surface area contributed by atoms with Gasteiger partial charge in [0.25, 0.3) is 5.91 Å². The van der Waals surface area contributed by atoms with E-state index in [9.17, 15) is 14.4 Å². The van der Waals surface area contributed by atoms with Crippen molar-refractivity contribution in [2.45, 2.75) is 18.9 Å². The Hall–Kier alpha value is -2.16. The van der Waals surface area contributed by atoms with Gasteiger partial charge in [0.2, 0.25) is 5.91 Å². The summed E-state index contributed by atoms with van der Waals surface area (Å²) in [5, 5.41) is 14.2. The van der Waals surface area contributed by atoms with Crippen LogP contribution in [-0.4, -0.2) is 101 Å². The lowest BCUT2D eigenvalue weighted by Gasteiger charge is -2.37. The fraction of sp³-hybridized carbons (Fsp3) is 0.714. The summed E-state index contributed by atoms with van der Waals surface area (Å²) in [5.74, 6) is -0.356. The van der Waals surface area contributed by atoms with Gasteiger partial charge in [-0.3, -0.25) is 9.59 Å². The molecule has 0 aromatic carbocycles. The number of amides is 4. The minimum absolute atomic E-state index is 0.0109. The molecule has 0 aromatic rings. The Bertz CT molecular complexity index is 563. The summed E-state index contributed by atoms with van der Waals surface area (Å²) in [6.07, 6.45) is 0.554. The average molecular weight is 323 g/mol. The minimum atomic E-state index is -0.189. The van der Waals surface area contributed by atoms with E-state index in [1.807, 2.05) is 0 Å². The van der Waals surface area contributed by atoms with Gasteiger partial charge in [0, 0.05) is 46.1 Å². The molecule has 0 aliphatic carbocycles. The molecule has 4 amide bonds. The van der Waals surface area contributed by atoms with Crippen LogP contribution in [0, 0.1) is 0 Å². The number of hydrazone groups is 1. The molecule has 1 atom stereocenters. The molecule has 9 heteroatoms. The van der Waals surface area contributed by atoms with Crippen LogP contribution in [0.25, 0.3) is 0 Å². The summed E-state index contributed by atoms with van der Waals surface area (Å²) in [4.78, 5) is 41.4. The number of hydrogen-bond donors (Lipinski definition) is 1. The average Bonchev–Trinajstić information content (AvgIpc) is 2.83. The van der Waals surface area contributed by atoms with Crippen LogP contribution in [0.15, 0.2) is 5.10 Å². The van der Waals surface area contributed by atoms with Crippen LogP contribution in [0.4, 0.5) is 4.79 Å². The number of nitrogens with zero attached hydrogens (tertiary/aromatic N) is 5. The lowest BCUT2D eigenvalue weighted by Crippen LogP contribution is -2.55. The van der Waals surface area contributed by atoms with Crippen LogP contribution in [0.2, 0.25) is 0 Å². The molecule has 1 N–H and O–H groups in total. The molecule has 3 rings (SSSR count). The van der Waals surface area contributed by atoms with Crippen LogP contribution in [0.5, 0.6) is 0 Å². The summed E-state index contributed by atoms with van der Waals surface area (Å²) in [7, 11) is 1.76. The third-order valence-electron chi connectivity index (χ3n) is 4.49. The number of urea groups is 1. The monoisotopic (exact) mass is 323 g/mol. The highest BCUT2D eigenvalue weighted by Crippen LogP contribution is 2.20. The van der Waals surface area contributed by atoms with Crippen molar-refractivity contribution in [3.8, 4) is 0 Å². The van der Waals surface area contributed by atoms with Gasteiger partial charge in [0.15, 0.2) is 0 Å². The molecular formula is C14H21N5O4. The third-order valence-corrected chi connectivity index (χ3v) is 4.49. The number of piperazine rings is 1. The van der Waals surface area contributed by atoms with Crippen LogP contribution in [0.3, 0.4) is 0 Å². The van der Waals surface area contributed by atoms with Gasteiger partial charge in [-0.15, -0.1) is 0 Å². The maximum Gasteiger partial charge on any atom is 0.320 e. The fourth-order valence-electron chi connectivity index (χ4n) is 3.27. The van der Waals surface area contributed by atoms with E-state index in [0.29, 0.717) is 38.3 Å². The molecule has 0 spiro atoms. The highest BCUT2D eigenvalue weighted by molar-refractivity contribution is 6.39. The van der Waals surface area contributed by atoms with Gasteiger partial charge in [-0.2, -0.15) is 5.10 Å². The smallest absolute Gasteiger partial charge is 0.320 e. The molecule has 23 heavy (non-hydrogen) atoms. The molecule has 0 aromatic heterocycles. The van der Waals surface area contributed by atoms with E-state index in [0.717, 1.165) is 0 Å². The van der Waals surface area contributed by atoms with E-state index in [2.05, 4.69) is 5.10 Å². The van der Waals surface area contributed by atoms with Crippen LogP contribution in [0.1, 0.15) is 12.8 Å². The number of carbonyl (C=O) groups excluding carboxylic acids is 3. The predicted octanol–water partition coefficient (Wildman–Crippen LogP) is -1.46. The zero-order valence-electron chi connectivity index (χ0n) is 13.1. The van der Waals surface area contributed by atoms with Crippen molar-refractivity contribution in [2.75, 3.05) is 46.4 Å². The summed E-state index contributed by atoms with van der Waals surface area (Å²) < 4.78 is 0. The van der Waals surface area contributed by atoms with Gasteiger partial charge in [0.1, 0.15) is 5.71 Å². The molecule has 0 saturated carbocycles. The van der Waals surface area contributed by atoms with Crippen molar-refractivity contribution in [1.29, 1.82) is 0 Å². The van der Waals surface area contributed by atoms with Gasteiger partial charge < -0.3 is 19.8 Å². The first kappa shape index (κ1) is 15.7. The normalized spacial score (nSPS) is 25.0. The van der Waals surface area contributed by atoms with E-state index < -0.39 is 0 Å². The summed E-state index contributed by atoms with van der Waals surface area (Å²) in [5.41, 5.74) is 0.351. The number of hydrogen-bond acceptors (Lipinski definition) is 5. The topological polar surface area (TPSA) is 96.8 Å². The van der Waals surface area contributed by atoms with E-state index in [4.69, 9.17) is 5.11 Å². The van der Waals surface area contributed by atoms with Gasteiger partial charge in [0.05, 0.1) is 19.2 Å². The number of likely N-dealkylation sites (N-methyl/N-ethyl adjacent to an activating group) is 1. The second-order valence-electron chi connectivity index (χ2n) is 6.05. The number of rotatable bonds is 3. The Labute approximate surface area is 134 Å². The second-order valence-corrected chi connectivity index (χ2v) is 6.05. The minimum Gasteiger partial charge on any atom is -0.394 e. The molecule has 0 bridgehead atoms. The van der Waals surface area contributed by atoms with E-state index in [1.165, 1.54) is 5.01 Å². The maximum absolute atomic E-state index is 12.6. The molecule has 3 heterocycles. The van der Waals surface area contributed by atoms with Gasteiger partial charge >= 0.3 is 6.03 Å². The number of aliphatic hydroxyl groups excluding tert-OH is 1. The zero-order chi connectivity index (χ0) is 16.6. The quantitative estimate of drug-likeness (QED) is 0.686. The van der Waals surface area contributed by atoms with Crippen molar-refractivity contribution in [1.82, 2.24) is 19.7 Å². The number of fused-ring (bicyclic) bond motifs is 1. The first-order valence-electron chi connectivity index (χ1n) is 7.81. The molecule has 126 valence electrons. The largest absolute Gasteiger partial charge is 0.394 e. The zero-order valence-corrected chi connectivity index (χ0v) is 13.1. The molecule has 0 radical (unpaired) electrons. The van der Waals surface area contributed by atoms with E-state index in [1.54, 1.807) is 21.7 Å². The van der Waals surface area contributed by atoms with Crippen molar-refractivity contribution < 1.29 is 19.5 Å². The highest BCUT2D eigenvalue weighted by Gasteiger charge is 2.41. The fourth-order valence-corrected chi connectivity index (χ4v) is 3.27. The van der Waals surface area contributed by atoms with Crippen molar-refractivity contribution >= 4 is 23.6 Å². The van der Waals surface area contributed by atoms with Crippen LogP contribution < -0.4 is 0 Å². The van der Waals surface area contributed by atoms with Gasteiger partial charge in [-0.25, -0.2) is 9.80 Å². The molecule has 3 aliphatic heterocycles.